The zero-order chi connectivity index (χ0) is 12.8. The minimum atomic E-state index is 0.178. The molecule has 2 heterocycles. The van der Waals surface area contributed by atoms with Gasteiger partial charge in [-0.3, -0.25) is 4.79 Å². The molecular formula is C15H15N3O. The third-order valence-corrected chi connectivity index (χ3v) is 3.93. The number of allylic oxidation sites excluding steroid dienone is 4. The Bertz CT molecular complexity index is 644. The number of imidazole rings is 1. The predicted molar refractivity (Wildman–Crippen MR) is 72.3 cm³/mol. The quantitative estimate of drug-likeness (QED) is 0.876. The Labute approximate surface area is 111 Å². The Morgan fingerprint density at radius 2 is 2.21 bits per heavy atom. The molecule has 0 atom stereocenters. The maximum atomic E-state index is 11.8. The Balaban J connectivity index is 1.66. The van der Waals surface area contributed by atoms with Gasteiger partial charge in [0, 0.05) is 36.0 Å². The summed E-state index contributed by atoms with van der Waals surface area (Å²) in [7, 11) is 0. The number of nitrogens with one attached hydrogen (secondary N) is 1. The molecule has 0 saturated heterocycles. The monoisotopic (exact) mass is 253 g/mol. The predicted octanol–water partition coefficient (Wildman–Crippen LogP) is 1.99. The van der Waals surface area contributed by atoms with Crippen LogP contribution < -0.4 is 5.32 Å². The lowest BCUT2D eigenvalue weighted by molar-refractivity contribution is -0.114. The summed E-state index contributed by atoms with van der Waals surface area (Å²) < 4.78 is 2.08. The molecule has 4 rings (SSSR count). The number of nitrogens with zero attached hydrogens (tertiary/aromatic N) is 2. The van der Waals surface area contributed by atoms with E-state index in [1.54, 1.807) is 0 Å². The average molecular weight is 253 g/mol. The standard InChI is InChI=1S/C15H15N3O/c19-15-7-16-6-11-5-12(3-4-13(11)15)18-8-14(17-9-18)10-1-2-10/h3-4,6,8-10,16H,1-2,5,7H2. The van der Waals surface area contributed by atoms with Gasteiger partial charge in [-0.05, 0) is 30.6 Å². The van der Waals surface area contributed by atoms with Crippen molar-refractivity contribution in [3.05, 3.63) is 47.7 Å². The summed E-state index contributed by atoms with van der Waals surface area (Å²) in [5.74, 6) is 0.853. The van der Waals surface area contributed by atoms with E-state index in [4.69, 9.17) is 0 Å². The molecule has 0 radical (unpaired) electrons. The number of carbonyl (C=O) groups is 1. The summed E-state index contributed by atoms with van der Waals surface area (Å²) in [6.45, 7) is 0.412. The van der Waals surface area contributed by atoms with E-state index >= 15 is 0 Å². The van der Waals surface area contributed by atoms with E-state index < -0.39 is 0 Å². The highest BCUT2D eigenvalue weighted by Gasteiger charge is 2.27. The molecule has 19 heavy (non-hydrogen) atoms. The van der Waals surface area contributed by atoms with Gasteiger partial charge in [-0.25, -0.2) is 4.98 Å². The second kappa shape index (κ2) is 3.95. The number of Topliss-reactive ketones (excluding diaryl/α,β-unsaturated/α-hetero) is 1. The van der Waals surface area contributed by atoms with Gasteiger partial charge in [0.05, 0.1) is 18.6 Å². The maximum Gasteiger partial charge on any atom is 0.182 e. The van der Waals surface area contributed by atoms with Crippen molar-refractivity contribution in [2.45, 2.75) is 25.2 Å². The van der Waals surface area contributed by atoms with Gasteiger partial charge in [0.2, 0.25) is 0 Å². The highest BCUT2D eigenvalue weighted by Crippen LogP contribution is 2.39. The summed E-state index contributed by atoms with van der Waals surface area (Å²) in [6.07, 6.45) is 13.3. The largest absolute Gasteiger partial charge is 0.383 e. The molecular weight excluding hydrogens is 238 g/mol. The molecule has 0 spiro atoms. The smallest absolute Gasteiger partial charge is 0.182 e. The molecule has 0 aromatic carbocycles. The van der Waals surface area contributed by atoms with Crippen molar-refractivity contribution in [1.82, 2.24) is 14.9 Å². The van der Waals surface area contributed by atoms with Crippen LogP contribution in [0.5, 0.6) is 0 Å². The lowest BCUT2D eigenvalue weighted by atomic mass is 9.91. The Hall–Kier alpha value is -2.10. The second-order valence-corrected chi connectivity index (χ2v) is 5.37. The van der Waals surface area contributed by atoms with Crippen LogP contribution >= 0.6 is 0 Å². The Morgan fingerprint density at radius 3 is 3.05 bits per heavy atom. The van der Waals surface area contributed by atoms with E-state index in [1.165, 1.54) is 24.2 Å². The fraction of sp³-hybridized carbons (Fsp3) is 0.333. The molecule has 1 aromatic rings. The first-order valence-electron chi connectivity index (χ1n) is 6.72. The van der Waals surface area contributed by atoms with Gasteiger partial charge in [0.15, 0.2) is 5.78 Å². The van der Waals surface area contributed by atoms with Gasteiger partial charge < -0.3 is 9.88 Å². The first-order chi connectivity index (χ1) is 9.31. The molecule has 4 nitrogen and oxygen atoms in total. The van der Waals surface area contributed by atoms with Gasteiger partial charge in [-0.15, -0.1) is 0 Å². The van der Waals surface area contributed by atoms with Crippen LogP contribution in [0.25, 0.3) is 5.70 Å². The number of hydrogen-bond acceptors (Lipinski definition) is 3. The van der Waals surface area contributed by atoms with E-state index in [-0.39, 0.29) is 5.78 Å². The summed E-state index contributed by atoms with van der Waals surface area (Å²) in [5.41, 5.74) is 4.30. The second-order valence-electron chi connectivity index (χ2n) is 5.37. The van der Waals surface area contributed by atoms with Crippen LogP contribution in [-0.4, -0.2) is 21.9 Å². The molecule has 1 aromatic heterocycles. The fourth-order valence-corrected chi connectivity index (χ4v) is 2.66. The first kappa shape index (κ1) is 10.8. The summed E-state index contributed by atoms with van der Waals surface area (Å²) in [5, 5.41) is 3.03. The average Bonchev–Trinajstić information content (AvgIpc) is 3.16. The van der Waals surface area contributed by atoms with Crippen LogP contribution in [0.1, 0.15) is 30.9 Å². The van der Waals surface area contributed by atoms with Gasteiger partial charge >= 0.3 is 0 Å². The van der Waals surface area contributed by atoms with E-state index in [9.17, 15) is 4.79 Å². The number of fused-ring (bicyclic) bond motifs is 1. The van der Waals surface area contributed by atoms with Crippen molar-refractivity contribution >= 4 is 11.5 Å². The zero-order valence-corrected chi connectivity index (χ0v) is 10.6. The topological polar surface area (TPSA) is 46.9 Å². The van der Waals surface area contributed by atoms with Crippen molar-refractivity contribution in [3.63, 3.8) is 0 Å². The molecule has 1 fully saturated rings. The lowest BCUT2D eigenvalue weighted by Gasteiger charge is -2.21. The number of rotatable bonds is 2. The molecule has 0 unspecified atom stereocenters. The van der Waals surface area contributed by atoms with Gasteiger partial charge in [0.1, 0.15) is 0 Å². The van der Waals surface area contributed by atoms with Crippen LogP contribution in [-0.2, 0) is 4.79 Å². The first-order valence-corrected chi connectivity index (χ1v) is 6.72. The highest BCUT2D eigenvalue weighted by atomic mass is 16.1. The maximum absolute atomic E-state index is 11.8. The lowest BCUT2D eigenvalue weighted by Crippen LogP contribution is -2.27. The van der Waals surface area contributed by atoms with Crippen LogP contribution in [0, 0.1) is 0 Å². The minimum Gasteiger partial charge on any atom is -0.383 e. The van der Waals surface area contributed by atoms with Crippen molar-refractivity contribution in [3.8, 4) is 0 Å². The van der Waals surface area contributed by atoms with Crippen LogP contribution in [0.3, 0.4) is 0 Å². The number of carbonyl (C=O) groups excluding carboxylic acids is 1. The minimum absolute atomic E-state index is 0.178. The zero-order valence-electron chi connectivity index (χ0n) is 10.6. The van der Waals surface area contributed by atoms with E-state index in [0.717, 1.165) is 17.6 Å². The van der Waals surface area contributed by atoms with Crippen molar-refractivity contribution in [2.24, 2.45) is 0 Å². The molecule has 2 aliphatic carbocycles. The molecule has 1 saturated carbocycles. The van der Waals surface area contributed by atoms with Crippen LogP contribution in [0.2, 0.25) is 0 Å². The van der Waals surface area contributed by atoms with Crippen LogP contribution in [0.4, 0.5) is 0 Å². The Kier molecular flexibility index (Phi) is 2.24. The molecule has 0 bridgehead atoms. The molecule has 1 N–H and O–H groups in total. The molecule has 4 heteroatoms. The summed E-state index contributed by atoms with van der Waals surface area (Å²) >= 11 is 0. The molecule has 96 valence electrons. The number of hydrogen-bond donors (Lipinski definition) is 1. The Morgan fingerprint density at radius 1 is 1.32 bits per heavy atom. The number of ketones is 1. The van der Waals surface area contributed by atoms with Crippen LogP contribution in [0.15, 0.2) is 42.0 Å². The van der Waals surface area contributed by atoms with E-state index in [0.29, 0.717) is 12.5 Å². The normalized spacial score (nSPS) is 22.1. The third kappa shape index (κ3) is 1.84. The van der Waals surface area contributed by atoms with E-state index in [2.05, 4.69) is 21.1 Å². The number of aromatic nitrogens is 2. The van der Waals surface area contributed by atoms with Gasteiger partial charge in [-0.2, -0.15) is 0 Å². The summed E-state index contributed by atoms with van der Waals surface area (Å²) in [4.78, 5) is 16.2. The molecule has 3 aliphatic rings. The third-order valence-electron chi connectivity index (χ3n) is 3.93. The molecule has 1 aliphatic heterocycles. The SMILES string of the molecule is O=C1CNC=C2CC(n3cnc(C4CC4)c3)=CC=C12. The summed E-state index contributed by atoms with van der Waals surface area (Å²) in [6, 6.07) is 0. The van der Waals surface area contributed by atoms with Crippen molar-refractivity contribution in [2.75, 3.05) is 6.54 Å². The van der Waals surface area contributed by atoms with Gasteiger partial charge in [-0.1, -0.05) is 0 Å². The fourth-order valence-electron chi connectivity index (χ4n) is 2.66. The van der Waals surface area contributed by atoms with Gasteiger partial charge in [0.25, 0.3) is 0 Å². The van der Waals surface area contributed by atoms with E-state index in [1.807, 2.05) is 24.7 Å². The van der Waals surface area contributed by atoms with Crippen molar-refractivity contribution in [1.29, 1.82) is 0 Å². The molecule has 0 amide bonds. The highest BCUT2D eigenvalue weighted by molar-refractivity contribution is 6.03. The van der Waals surface area contributed by atoms with Crippen molar-refractivity contribution < 1.29 is 4.79 Å².